The molecule has 8 heteroatoms. The van der Waals surface area contributed by atoms with Crippen molar-refractivity contribution in [2.45, 2.75) is 13.1 Å². The van der Waals surface area contributed by atoms with E-state index < -0.39 is 18.0 Å². The highest BCUT2D eigenvalue weighted by Crippen LogP contribution is 2.33. The lowest BCUT2D eigenvalue weighted by molar-refractivity contribution is -0.144. The second-order valence-corrected chi connectivity index (χ2v) is 4.27. The summed E-state index contributed by atoms with van der Waals surface area (Å²) in [4.78, 5) is 17.2. The van der Waals surface area contributed by atoms with Crippen LogP contribution in [0.3, 0.4) is 0 Å². The van der Waals surface area contributed by atoms with Crippen LogP contribution in [0.15, 0.2) is 24.4 Å². The van der Waals surface area contributed by atoms with Crippen molar-refractivity contribution in [1.29, 1.82) is 0 Å². The van der Waals surface area contributed by atoms with Gasteiger partial charge in [0.15, 0.2) is 0 Å². The number of carbonyl (C=O) groups is 1. The Bertz CT molecular complexity index is 680. The minimum absolute atomic E-state index is 0.0691. The number of hydrogen-bond donors (Lipinski definition) is 1. The summed E-state index contributed by atoms with van der Waals surface area (Å²) in [5.41, 5.74) is 0.649. The zero-order chi connectivity index (χ0) is 16.3. The maximum atomic E-state index is 12.6. The molecule has 0 fully saturated rings. The molecule has 1 heterocycles. The number of benzene rings is 1. The number of halogens is 3. The monoisotopic (exact) mass is 314 g/mol. The molecule has 5 nitrogen and oxygen atoms in total. The second kappa shape index (κ2) is 6.08. The molecule has 1 N–H and O–H groups in total. The molecule has 1 aromatic heterocycles. The zero-order valence-corrected chi connectivity index (χ0v) is 11.8. The van der Waals surface area contributed by atoms with Crippen molar-refractivity contribution in [3.63, 3.8) is 0 Å². The molecule has 0 amide bonds. The van der Waals surface area contributed by atoms with Crippen molar-refractivity contribution in [3.8, 4) is 17.0 Å². The molecule has 0 bridgehead atoms. The number of nitrogens with zero attached hydrogens (tertiary/aromatic N) is 1. The third kappa shape index (κ3) is 3.21. The van der Waals surface area contributed by atoms with Gasteiger partial charge in [-0.25, -0.2) is 9.78 Å². The number of alkyl halides is 3. The van der Waals surface area contributed by atoms with E-state index in [0.717, 1.165) is 6.20 Å². The Morgan fingerprint density at radius 1 is 1.36 bits per heavy atom. The third-order valence-electron chi connectivity index (χ3n) is 2.83. The number of rotatable bonds is 4. The fourth-order valence-corrected chi connectivity index (χ4v) is 1.85. The number of aromatic amines is 1. The van der Waals surface area contributed by atoms with E-state index in [2.05, 4.69) is 9.97 Å². The lowest BCUT2D eigenvalue weighted by Crippen LogP contribution is -2.07. The normalized spacial score (nSPS) is 11.3. The molecule has 0 aliphatic rings. The zero-order valence-electron chi connectivity index (χ0n) is 11.8. The number of hydrogen-bond acceptors (Lipinski definition) is 4. The molecule has 1 aromatic carbocycles. The van der Waals surface area contributed by atoms with E-state index in [-0.39, 0.29) is 23.6 Å². The van der Waals surface area contributed by atoms with E-state index in [0.29, 0.717) is 5.56 Å². The molecule has 0 saturated carbocycles. The van der Waals surface area contributed by atoms with Crippen molar-refractivity contribution < 1.29 is 27.4 Å². The van der Waals surface area contributed by atoms with Gasteiger partial charge in [-0.2, -0.15) is 13.2 Å². The topological polar surface area (TPSA) is 64.2 Å². The molecule has 0 aliphatic heterocycles. The number of imidazole rings is 1. The Morgan fingerprint density at radius 3 is 2.64 bits per heavy atom. The first-order chi connectivity index (χ1) is 10.4. The summed E-state index contributed by atoms with van der Waals surface area (Å²) in [6.07, 6.45) is -3.43. The van der Waals surface area contributed by atoms with Crippen LogP contribution in [0.2, 0.25) is 0 Å². The summed E-state index contributed by atoms with van der Waals surface area (Å²) in [6.45, 7) is 1.89. The lowest BCUT2D eigenvalue weighted by atomic mass is 10.1. The minimum atomic E-state index is -4.56. The van der Waals surface area contributed by atoms with Crippen LogP contribution in [0.1, 0.15) is 23.1 Å². The maximum Gasteiger partial charge on any atom is 0.449 e. The first-order valence-corrected chi connectivity index (χ1v) is 6.35. The van der Waals surface area contributed by atoms with Crippen LogP contribution in [0.5, 0.6) is 5.75 Å². The standard InChI is InChI=1S/C14H13F3N2O3/c1-3-22-12(20)8-4-5-9(11(6-8)21-2)10-7-18-13(19-10)14(15,16)17/h4-7H,3H2,1-2H3,(H,18,19). The number of esters is 1. The third-order valence-corrected chi connectivity index (χ3v) is 2.83. The Labute approximate surface area is 124 Å². The molecule has 2 rings (SSSR count). The van der Waals surface area contributed by atoms with Crippen LogP contribution < -0.4 is 4.74 Å². The van der Waals surface area contributed by atoms with E-state index in [4.69, 9.17) is 9.47 Å². The van der Waals surface area contributed by atoms with Gasteiger partial charge < -0.3 is 14.5 Å². The van der Waals surface area contributed by atoms with Gasteiger partial charge in [-0.1, -0.05) is 0 Å². The van der Waals surface area contributed by atoms with Crippen molar-refractivity contribution >= 4 is 5.97 Å². The fourth-order valence-electron chi connectivity index (χ4n) is 1.85. The Hall–Kier alpha value is -2.51. The van der Waals surface area contributed by atoms with Crippen LogP contribution in [0, 0.1) is 0 Å². The summed E-state index contributed by atoms with van der Waals surface area (Å²) < 4.78 is 47.7. The van der Waals surface area contributed by atoms with Crippen molar-refractivity contribution in [3.05, 3.63) is 35.8 Å². The number of nitrogens with one attached hydrogen (secondary N) is 1. The Kier molecular flexibility index (Phi) is 4.39. The van der Waals surface area contributed by atoms with Crippen LogP contribution in [0.4, 0.5) is 13.2 Å². The molecular weight excluding hydrogens is 301 g/mol. The molecule has 0 atom stereocenters. The average Bonchev–Trinajstić information content (AvgIpc) is 2.96. The smallest absolute Gasteiger partial charge is 0.449 e. The van der Waals surface area contributed by atoms with Crippen molar-refractivity contribution in [1.82, 2.24) is 9.97 Å². The van der Waals surface area contributed by atoms with Gasteiger partial charge in [0.25, 0.3) is 0 Å². The van der Waals surface area contributed by atoms with Gasteiger partial charge in [0.1, 0.15) is 5.75 Å². The van der Waals surface area contributed by atoms with E-state index in [9.17, 15) is 18.0 Å². The lowest BCUT2D eigenvalue weighted by Gasteiger charge is -2.09. The predicted octanol–water partition coefficient (Wildman–Crippen LogP) is 3.28. The van der Waals surface area contributed by atoms with Gasteiger partial charge in [0.2, 0.25) is 5.82 Å². The molecule has 0 aliphatic carbocycles. The number of methoxy groups -OCH3 is 1. The van der Waals surface area contributed by atoms with Crippen LogP contribution in [0.25, 0.3) is 11.3 Å². The maximum absolute atomic E-state index is 12.6. The molecule has 0 saturated heterocycles. The second-order valence-electron chi connectivity index (χ2n) is 4.27. The number of H-pyrrole nitrogens is 1. The van der Waals surface area contributed by atoms with Gasteiger partial charge in [-0.3, -0.25) is 0 Å². The van der Waals surface area contributed by atoms with Gasteiger partial charge in [0.05, 0.1) is 25.0 Å². The largest absolute Gasteiger partial charge is 0.496 e. The van der Waals surface area contributed by atoms with Crippen molar-refractivity contribution in [2.24, 2.45) is 0 Å². The quantitative estimate of drug-likeness (QED) is 0.880. The summed E-state index contributed by atoms with van der Waals surface area (Å²) in [5.74, 6) is -1.41. The van der Waals surface area contributed by atoms with Crippen molar-refractivity contribution in [2.75, 3.05) is 13.7 Å². The van der Waals surface area contributed by atoms with E-state index in [1.54, 1.807) is 6.92 Å². The molecule has 118 valence electrons. The number of carbonyl (C=O) groups excluding carboxylic acids is 1. The van der Waals surface area contributed by atoms with Gasteiger partial charge in [-0.05, 0) is 25.1 Å². The molecule has 2 aromatic rings. The number of ether oxygens (including phenoxy) is 2. The van der Waals surface area contributed by atoms with Gasteiger partial charge in [0, 0.05) is 11.8 Å². The summed E-state index contributed by atoms with van der Waals surface area (Å²) in [5, 5.41) is 0. The van der Waals surface area contributed by atoms with Gasteiger partial charge >= 0.3 is 12.1 Å². The molecule has 0 unspecified atom stereocenters. The highest BCUT2D eigenvalue weighted by atomic mass is 19.4. The van der Waals surface area contributed by atoms with Crippen LogP contribution >= 0.6 is 0 Å². The van der Waals surface area contributed by atoms with Crippen LogP contribution in [-0.2, 0) is 10.9 Å². The van der Waals surface area contributed by atoms with Crippen LogP contribution in [-0.4, -0.2) is 29.7 Å². The highest BCUT2D eigenvalue weighted by Gasteiger charge is 2.34. The molecule has 22 heavy (non-hydrogen) atoms. The first-order valence-electron chi connectivity index (χ1n) is 6.35. The minimum Gasteiger partial charge on any atom is -0.496 e. The predicted molar refractivity (Wildman–Crippen MR) is 71.5 cm³/mol. The average molecular weight is 314 g/mol. The SMILES string of the molecule is CCOC(=O)c1ccc(-c2c[nH]c(C(F)(F)F)n2)c(OC)c1. The van der Waals surface area contributed by atoms with E-state index in [1.807, 2.05) is 0 Å². The fraction of sp³-hybridized carbons (Fsp3) is 0.286. The molecule has 0 spiro atoms. The van der Waals surface area contributed by atoms with E-state index >= 15 is 0 Å². The highest BCUT2D eigenvalue weighted by molar-refractivity contribution is 5.91. The summed E-state index contributed by atoms with van der Waals surface area (Å²) in [7, 11) is 1.35. The Morgan fingerprint density at radius 2 is 2.09 bits per heavy atom. The Balaban J connectivity index is 2.39. The van der Waals surface area contributed by atoms with E-state index in [1.165, 1.54) is 25.3 Å². The van der Waals surface area contributed by atoms with Gasteiger partial charge in [-0.15, -0.1) is 0 Å². The first kappa shape index (κ1) is 15.9. The summed E-state index contributed by atoms with van der Waals surface area (Å²) in [6, 6.07) is 4.30. The number of aromatic nitrogens is 2. The molecule has 0 radical (unpaired) electrons. The molecular formula is C14H13F3N2O3. The summed E-state index contributed by atoms with van der Waals surface area (Å²) >= 11 is 0.